The first-order valence-electron chi connectivity index (χ1n) is 8.56. The van der Waals surface area contributed by atoms with E-state index < -0.39 is 15.9 Å². The smallest absolute Gasteiger partial charge is 0.269 e. The van der Waals surface area contributed by atoms with Gasteiger partial charge in [-0.05, 0) is 31.0 Å². The third-order valence-electron chi connectivity index (χ3n) is 4.08. The van der Waals surface area contributed by atoms with Crippen LogP contribution in [0.3, 0.4) is 0 Å². The van der Waals surface area contributed by atoms with Crippen molar-refractivity contribution in [3.8, 4) is 0 Å². The molecule has 1 heterocycles. The van der Waals surface area contributed by atoms with E-state index in [1.165, 1.54) is 43.9 Å². The number of carbonyl (C=O) groups excluding carboxylic acids is 1. The van der Waals surface area contributed by atoms with Gasteiger partial charge in [0.1, 0.15) is 0 Å². The van der Waals surface area contributed by atoms with Crippen LogP contribution in [-0.2, 0) is 10.0 Å². The van der Waals surface area contributed by atoms with Crippen LogP contribution >= 0.6 is 46.3 Å². The molecule has 152 valence electrons. The fraction of sp³-hybridized carbons (Fsp3) is 0.438. The quantitative estimate of drug-likeness (QED) is 0.436. The van der Waals surface area contributed by atoms with Gasteiger partial charge in [-0.25, -0.2) is 13.1 Å². The van der Waals surface area contributed by atoms with E-state index in [4.69, 9.17) is 23.2 Å². The lowest BCUT2D eigenvalue weighted by molar-refractivity contribution is 0.102. The number of aromatic nitrogens is 2. The largest absolute Gasteiger partial charge is 0.296 e. The molecule has 0 unspecified atom stereocenters. The van der Waals surface area contributed by atoms with Crippen LogP contribution in [0, 0.1) is 0 Å². The van der Waals surface area contributed by atoms with Crippen molar-refractivity contribution in [3.63, 3.8) is 0 Å². The second-order valence-corrected chi connectivity index (χ2v) is 11.3. The molecule has 0 spiro atoms. The van der Waals surface area contributed by atoms with Gasteiger partial charge in [-0.2, -0.15) is 11.8 Å². The lowest BCUT2D eigenvalue weighted by Gasteiger charge is -2.08. The minimum absolute atomic E-state index is 0.0664. The molecule has 0 saturated heterocycles. The zero-order valence-electron chi connectivity index (χ0n) is 14.7. The summed E-state index contributed by atoms with van der Waals surface area (Å²) in [5.41, 5.74) is 0.202. The van der Waals surface area contributed by atoms with Crippen molar-refractivity contribution < 1.29 is 13.2 Å². The van der Waals surface area contributed by atoms with Gasteiger partial charge in [0.05, 0.1) is 10.6 Å². The van der Waals surface area contributed by atoms with E-state index in [2.05, 4.69) is 20.2 Å². The van der Waals surface area contributed by atoms with E-state index in [0.717, 1.165) is 11.3 Å². The molecule has 7 nitrogen and oxygen atoms in total. The maximum absolute atomic E-state index is 12.3. The van der Waals surface area contributed by atoms with Crippen molar-refractivity contribution in [2.75, 3.05) is 17.6 Å². The average molecular weight is 481 g/mol. The molecule has 12 heteroatoms. The number of rotatable bonds is 8. The Hall–Kier alpha value is -0.910. The zero-order valence-corrected chi connectivity index (χ0v) is 18.6. The van der Waals surface area contributed by atoms with Gasteiger partial charge in [0, 0.05) is 22.6 Å². The normalized spacial score (nSPS) is 15.1. The van der Waals surface area contributed by atoms with Crippen molar-refractivity contribution in [2.45, 2.75) is 35.3 Å². The molecule has 1 aliphatic carbocycles. The number of thioether (sulfide) groups is 1. The number of amides is 1. The Bertz CT molecular complexity index is 946. The number of halogens is 2. The van der Waals surface area contributed by atoms with Crippen molar-refractivity contribution in [2.24, 2.45) is 0 Å². The number of hydrogen-bond donors (Lipinski definition) is 2. The molecular formula is C16H18Cl2N4O3S3. The van der Waals surface area contributed by atoms with Crippen molar-refractivity contribution in [3.05, 3.63) is 33.8 Å². The molecule has 0 bridgehead atoms. The van der Waals surface area contributed by atoms with E-state index in [1.54, 1.807) is 11.8 Å². The highest BCUT2D eigenvalue weighted by atomic mass is 35.5. The Labute approximate surface area is 181 Å². The van der Waals surface area contributed by atoms with Crippen LogP contribution in [0.5, 0.6) is 0 Å². The number of carbonyl (C=O) groups is 1. The lowest BCUT2D eigenvalue weighted by Crippen LogP contribution is -2.26. The van der Waals surface area contributed by atoms with E-state index in [-0.39, 0.29) is 20.1 Å². The third kappa shape index (κ3) is 5.80. The minimum atomic E-state index is -3.76. The van der Waals surface area contributed by atoms with Gasteiger partial charge < -0.3 is 0 Å². The highest BCUT2D eigenvalue weighted by molar-refractivity contribution is 8.00. The Balaban J connectivity index is 1.55. The molecule has 0 aliphatic heterocycles. The van der Waals surface area contributed by atoms with E-state index in [1.807, 2.05) is 0 Å². The number of nitrogens with zero attached hydrogens (tertiary/aromatic N) is 2. The molecule has 28 heavy (non-hydrogen) atoms. The Kier molecular flexibility index (Phi) is 7.57. The number of nitrogens with one attached hydrogen (secondary N) is 2. The highest BCUT2D eigenvalue weighted by Gasteiger charge is 2.22. The van der Waals surface area contributed by atoms with Crippen LogP contribution in [0.2, 0.25) is 10.0 Å². The van der Waals surface area contributed by atoms with E-state index >= 15 is 0 Å². The topological polar surface area (TPSA) is 101 Å². The van der Waals surface area contributed by atoms with Crippen LogP contribution < -0.4 is 10.0 Å². The molecular weight excluding hydrogens is 463 g/mol. The fourth-order valence-corrected chi connectivity index (χ4v) is 6.54. The predicted molar refractivity (Wildman–Crippen MR) is 114 cm³/mol. The standard InChI is InChI=1S/C16H18Cl2N4O3S3/c17-10-5-6-12(13(18)9-10)14(23)20-15-21-22-16(27-15)28(24,25)19-7-8-26-11-3-1-2-4-11/h5-6,9,11,19H,1-4,7-8H2,(H,20,21,23). The lowest BCUT2D eigenvalue weighted by atomic mass is 10.2. The van der Waals surface area contributed by atoms with Gasteiger partial charge >= 0.3 is 0 Å². The fourth-order valence-electron chi connectivity index (χ4n) is 2.73. The van der Waals surface area contributed by atoms with Crippen LogP contribution in [0.1, 0.15) is 36.0 Å². The number of hydrogen-bond acceptors (Lipinski definition) is 7. The SMILES string of the molecule is O=C(Nc1nnc(S(=O)(=O)NCCSC2CCCC2)s1)c1ccc(Cl)cc1Cl. The number of benzene rings is 1. The summed E-state index contributed by atoms with van der Waals surface area (Å²) in [6.07, 6.45) is 4.91. The summed E-state index contributed by atoms with van der Waals surface area (Å²) >= 11 is 14.4. The third-order valence-corrected chi connectivity index (χ3v) is 8.68. The highest BCUT2D eigenvalue weighted by Crippen LogP contribution is 2.29. The maximum Gasteiger partial charge on any atom is 0.269 e. The van der Waals surface area contributed by atoms with E-state index in [0.29, 0.717) is 22.6 Å². The second-order valence-electron chi connectivity index (χ2n) is 6.13. The molecule has 1 aromatic heterocycles. The van der Waals surface area contributed by atoms with Gasteiger partial charge in [-0.3, -0.25) is 10.1 Å². The molecule has 3 rings (SSSR count). The van der Waals surface area contributed by atoms with Gasteiger partial charge in [0.2, 0.25) is 9.47 Å². The monoisotopic (exact) mass is 480 g/mol. The van der Waals surface area contributed by atoms with Crippen molar-refractivity contribution in [1.29, 1.82) is 0 Å². The first-order valence-corrected chi connectivity index (χ1v) is 12.7. The summed E-state index contributed by atoms with van der Waals surface area (Å²) < 4.78 is 27.0. The van der Waals surface area contributed by atoms with Crippen LogP contribution in [0.4, 0.5) is 5.13 Å². The summed E-state index contributed by atoms with van der Waals surface area (Å²) in [6.45, 7) is 0.325. The maximum atomic E-state index is 12.3. The van der Waals surface area contributed by atoms with Gasteiger partial charge in [-0.15, -0.1) is 10.2 Å². The zero-order chi connectivity index (χ0) is 20.1. The Morgan fingerprint density at radius 1 is 1.25 bits per heavy atom. The molecule has 0 radical (unpaired) electrons. The molecule has 1 fully saturated rings. The van der Waals surface area contributed by atoms with Gasteiger partial charge in [-0.1, -0.05) is 47.4 Å². The summed E-state index contributed by atoms with van der Waals surface area (Å²) in [4.78, 5) is 12.3. The summed E-state index contributed by atoms with van der Waals surface area (Å²) in [5, 5.41) is 11.2. The van der Waals surface area contributed by atoms with Crippen LogP contribution in [0.15, 0.2) is 22.5 Å². The average Bonchev–Trinajstić information content (AvgIpc) is 3.30. The summed E-state index contributed by atoms with van der Waals surface area (Å²) in [7, 11) is -3.76. The summed E-state index contributed by atoms with van der Waals surface area (Å²) in [6, 6.07) is 4.45. The minimum Gasteiger partial charge on any atom is -0.296 e. The molecule has 2 aromatic rings. The number of sulfonamides is 1. The van der Waals surface area contributed by atoms with Crippen molar-refractivity contribution in [1.82, 2.24) is 14.9 Å². The number of anilines is 1. The van der Waals surface area contributed by atoms with Gasteiger partial charge in [0.25, 0.3) is 15.9 Å². The summed E-state index contributed by atoms with van der Waals surface area (Å²) in [5.74, 6) is 0.184. The molecule has 1 amide bonds. The van der Waals surface area contributed by atoms with Crippen LogP contribution in [-0.4, -0.2) is 42.1 Å². The van der Waals surface area contributed by atoms with Crippen molar-refractivity contribution >= 4 is 67.4 Å². The second kappa shape index (κ2) is 9.73. The Morgan fingerprint density at radius 2 is 2.00 bits per heavy atom. The molecule has 0 atom stereocenters. The molecule has 2 N–H and O–H groups in total. The first-order chi connectivity index (χ1) is 13.3. The Morgan fingerprint density at radius 3 is 2.71 bits per heavy atom. The molecule has 1 aliphatic rings. The molecule has 1 aromatic carbocycles. The van der Waals surface area contributed by atoms with Gasteiger partial charge in [0.15, 0.2) is 0 Å². The predicted octanol–water partition coefficient (Wildman–Crippen LogP) is 4.05. The van der Waals surface area contributed by atoms with Crippen LogP contribution in [0.25, 0.3) is 0 Å². The van der Waals surface area contributed by atoms with E-state index in [9.17, 15) is 13.2 Å². The molecule has 1 saturated carbocycles. The first kappa shape index (κ1) is 21.8.